The van der Waals surface area contributed by atoms with Gasteiger partial charge < -0.3 is 0 Å². The normalized spacial score (nSPS) is 15.2. The Balaban J connectivity index is 1.49. The molecule has 0 saturated carbocycles. The van der Waals surface area contributed by atoms with E-state index in [9.17, 15) is 19.2 Å². The Morgan fingerprint density at radius 1 is 0.469 bits per heavy atom. The maximum Gasteiger partial charge on any atom is 0.411 e. The molecule has 0 fully saturated rings. The van der Waals surface area contributed by atoms with Crippen molar-refractivity contribution < 1.29 is 45.5 Å². The Morgan fingerprint density at radius 2 is 0.816 bits per heavy atom. The molecule has 0 bridgehead atoms. The van der Waals surface area contributed by atoms with E-state index in [-0.39, 0.29) is 22.5 Å². The molecule has 0 N–H and O–H groups in total. The van der Waals surface area contributed by atoms with Crippen LogP contribution < -0.4 is 20.2 Å². The Kier molecular flexibility index (Phi) is 8.10. The van der Waals surface area contributed by atoms with E-state index in [1.54, 1.807) is 24.3 Å². The zero-order valence-electron chi connectivity index (χ0n) is 26.5. The van der Waals surface area contributed by atoms with Gasteiger partial charge in [-0.1, -0.05) is 73.0 Å². The second kappa shape index (κ2) is 11.7. The van der Waals surface area contributed by atoms with Crippen molar-refractivity contribution in [2.45, 2.75) is 44.0 Å². The van der Waals surface area contributed by atoms with E-state index in [1.807, 2.05) is 38.3 Å². The standard InChI is InChI=1S/C35H28F6N2O4Si2/c1-48(2)23-9-5-7-21(17-23)42-29(44)25-13-11-19(15-27(25)31(42)46)33(34(36,37)38,35(39,40)41)20-12-14-26-28(16-20)32(47)43(30(26)45)22-8-6-10-24(18-22)49(3)4/h5-18,48-49H,1-4H3. The van der Waals surface area contributed by atoms with Crippen molar-refractivity contribution in [3.05, 3.63) is 118 Å². The number of imide groups is 2. The number of fused-ring (bicyclic) bond motifs is 2. The van der Waals surface area contributed by atoms with Crippen LogP contribution in [0.3, 0.4) is 0 Å². The van der Waals surface area contributed by atoms with E-state index in [0.29, 0.717) is 24.3 Å². The maximum atomic E-state index is 15.2. The highest BCUT2D eigenvalue weighted by Gasteiger charge is 2.73. The summed E-state index contributed by atoms with van der Waals surface area (Å²) in [7, 11) is -2.82. The van der Waals surface area contributed by atoms with Gasteiger partial charge in [0.2, 0.25) is 5.41 Å². The molecule has 0 spiro atoms. The number of hydrogen-bond donors (Lipinski definition) is 0. The summed E-state index contributed by atoms with van der Waals surface area (Å²) in [5, 5.41) is 1.78. The van der Waals surface area contributed by atoms with E-state index in [2.05, 4.69) is 0 Å². The van der Waals surface area contributed by atoms with Gasteiger partial charge in [-0.05, 0) is 59.7 Å². The summed E-state index contributed by atoms with van der Waals surface area (Å²) in [5.41, 5.74) is -9.15. The molecule has 0 radical (unpaired) electrons. The first kappa shape index (κ1) is 34.1. The molecule has 6 nitrogen and oxygen atoms in total. The third-order valence-corrected chi connectivity index (χ3v) is 12.5. The summed E-state index contributed by atoms with van der Waals surface area (Å²) in [4.78, 5) is 55.2. The van der Waals surface area contributed by atoms with Gasteiger partial charge in [-0.3, -0.25) is 19.2 Å². The molecule has 4 aromatic rings. The SMILES string of the molecule is C[SiH](C)c1cccc(N2C(=O)c3ccc(C(c4ccc5c(c4)C(=O)N(c4cccc([SiH](C)C)c4)C5=O)(C(F)(F)F)C(F)(F)F)cc3C2=O)c1. The van der Waals surface area contributed by atoms with Crippen LogP contribution in [0, 0.1) is 0 Å². The lowest BCUT2D eigenvalue weighted by Crippen LogP contribution is -2.55. The molecule has 0 aliphatic carbocycles. The van der Waals surface area contributed by atoms with Crippen LogP contribution >= 0.6 is 0 Å². The predicted molar refractivity (Wildman–Crippen MR) is 178 cm³/mol. The molecule has 0 atom stereocenters. The molecule has 2 aliphatic rings. The molecule has 6 rings (SSSR count). The Morgan fingerprint density at radius 3 is 1.14 bits per heavy atom. The van der Waals surface area contributed by atoms with Crippen molar-refractivity contribution >= 4 is 63.0 Å². The molecule has 252 valence electrons. The van der Waals surface area contributed by atoms with Gasteiger partial charge in [-0.15, -0.1) is 0 Å². The number of amides is 4. The van der Waals surface area contributed by atoms with Crippen molar-refractivity contribution in [3.63, 3.8) is 0 Å². The number of hydrogen-bond acceptors (Lipinski definition) is 4. The summed E-state index contributed by atoms with van der Waals surface area (Å²) in [6.45, 7) is 8.03. The minimum atomic E-state index is -6.06. The smallest absolute Gasteiger partial charge is 0.268 e. The number of carbonyl (C=O) groups excluding carboxylic acids is 4. The van der Waals surface area contributed by atoms with Crippen LogP contribution in [-0.4, -0.2) is 53.6 Å². The van der Waals surface area contributed by atoms with Crippen LogP contribution in [0.25, 0.3) is 0 Å². The van der Waals surface area contributed by atoms with Crippen molar-refractivity contribution in [2.75, 3.05) is 9.80 Å². The average Bonchev–Trinajstić information content (AvgIpc) is 3.43. The molecular weight excluding hydrogens is 683 g/mol. The molecule has 0 saturated heterocycles. The van der Waals surface area contributed by atoms with Crippen molar-refractivity contribution in [2.24, 2.45) is 0 Å². The highest BCUT2D eigenvalue weighted by Crippen LogP contribution is 2.57. The molecule has 4 amide bonds. The average molecular weight is 711 g/mol. The van der Waals surface area contributed by atoms with Crippen molar-refractivity contribution in [1.82, 2.24) is 0 Å². The summed E-state index contributed by atoms with van der Waals surface area (Å²) >= 11 is 0. The molecule has 0 unspecified atom stereocenters. The highest BCUT2D eigenvalue weighted by molar-refractivity contribution is 6.71. The summed E-state index contributed by atoms with van der Waals surface area (Å²) in [5.74, 6) is -3.91. The third kappa shape index (κ3) is 5.15. The van der Waals surface area contributed by atoms with Gasteiger partial charge in [0.05, 0.1) is 51.2 Å². The second-order valence-corrected chi connectivity index (χ2v) is 18.6. The fraction of sp³-hybridized carbons (Fsp3) is 0.200. The Labute approximate surface area is 280 Å². The molecule has 2 aliphatic heterocycles. The zero-order valence-corrected chi connectivity index (χ0v) is 28.8. The van der Waals surface area contributed by atoms with Gasteiger partial charge in [0.15, 0.2) is 0 Å². The van der Waals surface area contributed by atoms with Crippen molar-refractivity contribution in [1.29, 1.82) is 0 Å². The van der Waals surface area contributed by atoms with Crippen molar-refractivity contribution in [3.8, 4) is 0 Å². The molecule has 4 aromatic carbocycles. The lowest BCUT2D eigenvalue weighted by Gasteiger charge is -2.38. The van der Waals surface area contributed by atoms with Gasteiger partial charge in [0, 0.05) is 0 Å². The zero-order chi connectivity index (χ0) is 35.8. The Bertz CT molecular complexity index is 1930. The summed E-state index contributed by atoms with van der Waals surface area (Å²) in [6.07, 6.45) is -12.1. The number of anilines is 2. The highest BCUT2D eigenvalue weighted by atomic mass is 28.3. The number of rotatable bonds is 6. The minimum Gasteiger partial charge on any atom is -0.268 e. The van der Waals surface area contributed by atoms with Gasteiger partial charge in [-0.2, -0.15) is 26.3 Å². The molecule has 49 heavy (non-hydrogen) atoms. The number of halogens is 6. The fourth-order valence-corrected chi connectivity index (χ4v) is 8.45. The number of benzene rings is 4. The Hall–Kier alpha value is -4.83. The minimum absolute atomic E-state index is 0.150. The van der Waals surface area contributed by atoms with Crippen LogP contribution in [-0.2, 0) is 5.41 Å². The molecule has 14 heteroatoms. The largest absolute Gasteiger partial charge is 0.411 e. The van der Waals surface area contributed by atoms with Gasteiger partial charge in [0.1, 0.15) is 0 Å². The van der Waals surface area contributed by atoms with Crippen LogP contribution in [0.15, 0.2) is 84.9 Å². The maximum absolute atomic E-state index is 15.2. The van der Waals surface area contributed by atoms with Crippen LogP contribution in [0.5, 0.6) is 0 Å². The summed E-state index contributed by atoms with van der Waals surface area (Å²) in [6, 6.07) is 16.5. The molecule has 2 heterocycles. The lowest BCUT2D eigenvalue weighted by atomic mass is 9.71. The second-order valence-electron chi connectivity index (χ2n) is 12.7. The van der Waals surface area contributed by atoms with E-state index >= 15 is 26.3 Å². The first-order valence-electron chi connectivity index (χ1n) is 15.3. The quantitative estimate of drug-likeness (QED) is 0.138. The monoisotopic (exact) mass is 710 g/mol. The van der Waals surface area contributed by atoms with E-state index in [4.69, 9.17) is 0 Å². The number of carbonyl (C=O) groups is 4. The topological polar surface area (TPSA) is 74.8 Å². The lowest BCUT2D eigenvalue weighted by molar-refractivity contribution is -0.288. The van der Waals surface area contributed by atoms with Gasteiger partial charge in [0.25, 0.3) is 23.6 Å². The molecule has 0 aromatic heterocycles. The van der Waals surface area contributed by atoms with Crippen LogP contribution in [0.4, 0.5) is 37.7 Å². The summed E-state index contributed by atoms with van der Waals surface area (Å²) < 4.78 is 91.1. The van der Waals surface area contributed by atoms with E-state index in [0.717, 1.165) is 32.3 Å². The fourth-order valence-electron chi connectivity index (χ4n) is 6.45. The third-order valence-electron chi connectivity index (χ3n) is 9.08. The van der Waals surface area contributed by atoms with Gasteiger partial charge in [-0.25, -0.2) is 9.80 Å². The van der Waals surface area contributed by atoms with E-state index < -0.39 is 81.2 Å². The van der Waals surface area contributed by atoms with E-state index in [1.165, 1.54) is 12.1 Å². The van der Waals surface area contributed by atoms with Crippen LogP contribution in [0.1, 0.15) is 52.6 Å². The van der Waals surface area contributed by atoms with Gasteiger partial charge >= 0.3 is 12.4 Å². The van der Waals surface area contributed by atoms with Crippen LogP contribution in [0.2, 0.25) is 26.2 Å². The number of nitrogens with zero attached hydrogens (tertiary/aromatic N) is 2. The molecular formula is C35H28F6N2O4Si2. The predicted octanol–water partition coefficient (Wildman–Crippen LogP) is 6.09. The first-order valence-corrected chi connectivity index (χ1v) is 21.1. The first-order chi connectivity index (χ1) is 22.9. The number of alkyl halides is 6.